The zero-order valence-electron chi connectivity index (χ0n) is 13.0. The van der Waals surface area contributed by atoms with Gasteiger partial charge in [0.05, 0.1) is 0 Å². The van der Waals surface area contributed by atoms with Crippen LogP contribution in [-0.4, -0.2) is 5.78 Å². The van der Waals surface area contributed by atoms with Gasteiger partial charge in [0.25, 0.3) is 0 Å². The second kappa shape index (κ2) is 5.11. The summed E-state index contributed by atoms with van der Waals surface area (Å²) in [6.07, 6.45) is 4.00. The molecule has 1 aliphatic rings. The molecule has 0 radical (unpaired) electrons. The highest BCUT2D eigenvalue weighted by Crippen LogP contribution is 2.53. The topological polar surface area (TPSA) is 17.1 Å². The van der Waals surface area contributed by atoms with E-state index >= 15 is 0 Å². The van der Waals surface area contributed by atoms with Crippen molar-refractivity contribution in [2.75, 3.05) is 0 Å². The smallest absolute Gasteiger partial charge is 0.167 e. The molecule has 2 rings (SSSR count). The molecule has 0 spiro atoms. The maximum absolute atomic E-state index is 12.8. The van der Waals surface area contributed by atoms with Crippen molar-refractivity contribution in [1.29, 1.82) is 0 Å². The van der Waals surface area contributed by atoms with E-state index in [0.717, 1.165) is 31.2 Å². The molecule has 1 aromatic rings. The first-order valence-electron chi connectivity index (χ1n) is 7.63. The third-order valence-electron chi connectivity index (χ3n) is 4.61. The summed E-state index contributed by atoms with van der Waals surface area (Å²) in [6, 6.07) is 4.48. The van der Waals surface area contributed by atoms with E-state index in [0.29, 0.717) is 5.78 Å². The van der Waals surface area contributed by atoms with Crippen molar-refractivity contribution in [3.8, 4) is 0 Å². The van der Waals surface area contributed by atoms with Gasteiger partial charge < -0.3 is 0 Å². The highest BCUT2D eigenvalue weighted by Gasteiger charge is 2.51. The average molecular weight is 258 g/mol. The summed E-state index contributed by atoms with van der Waals surface area (Å²) < 4.78 is 0. The molecule has 1 atom stereocenters. The molecule has 0 aromatic heterocycles. The van der Waals surface area contributed by atoms with Gasteiger partial charge in [0.1, 0.15) is 0 Å². The van der Waals surface area contributed by atoms with E-state index in [1.54, 1.807) is 0 Å². The van der Waals surface area contributed by atoms with Gasteiger partial charge in [-0.05, 0) is 47.8 Å². The number of carbonyl (C=O) groups is 1. The largest absolute Gasteiger partial charge is 0.294 e. The van der Waals surface area contributed by atoms with E-state index in [4.69, 9.17) is 0 Å². The van der Waals surface area contributed by atoms with E-state index in [2.05, 4.69) is 46.8 Å². The lowest BCUT2D eigenvalue weighted by Crippen LogP contribution is -2.13. The number of carbonyl (C=O) groups excluding carboxylic acids is 1. The molecule has 1 nitrogen and oxygen atoms in total. The van der Waals surface area contributed by atoms with Gasteiger partial charge in [-0.15, -0.1) is 0 Å². The molecular formula is C18H26O. The van der Waals surface area contributed by atoms with Crippen molar-refractivity contribution in [3.63, 3.8) is 0 Å². The molecule has 0 saturated heterocycles. The van der Waals surface area contributed by atoms with Crippen LogP contribution in [0.2, 0.25) is 0 Å². The van der Waals surface area contributed by atoms with Gasteiger partial charge in [0.15, 0.2) is 5.78 Å². The molecule has 1 aliphatic carbocycles. The van der Waals surface area contributed by atoms with E-state index in [1.807, 2.05) is 0 Å². The summed E-state index contributed by atoms with van der Waals surface area (Å²) in [5, 5.41) is 0. The van der Waals surface area contributed by atoms with Gasteiger partial charge >= 0.3 is 0 Å². The molecule has 0 N–H and O–H groups in total. The predicted molar refractivity (Wildman–Crippen MR) is 80.8 cm³/mol. The van der Waals surface area contributed by atoms with Crippen molar-refractivity contribution in [1.82, 2.24) is 0 Å². The third-order valence-corrected chi connectivity index (χ3v) is 4.61. The first-order valence-corrected chi connectivity index (χ1v) is 7.63. The normalized spacial score (nSPS) is 20.4. The van der Waals surface area contributed by atoms with Crippen LogP contribution >= 0.6 is 0 Å². The highest BCUT2D eigenvalue weighted by atomic mass is 16.1. The SMILES string of the molecule is CCc1cc(CC)c(C(=O)C2CC2(C)C)c(CC)c1. The Morgan fingerprint density at radius 3 is 1.89 bits per heavy atom. The highest BCUT2D eigenvalue weighted by molar-refractivity contribution is 6.02. The van der Waals surface area contributed by atoms with E-state index in [-0.39, 0.29) is 11.3 Å². The fourth-order valence-electron chi connectivity index (χ4n) is 3.01. The Morgan fingerprint density at radius 2 is 1.58 bits per heavy atom. The molecule has 0 aliphatic heterocycles. The Balaban J connectivity index is 2.46. The van der Waals surface area contributed by atoms with Gasteiger partial charge in [-0.25, -0.2) is 0 Å². The summed E-state index contributed by atoms with van der Waals surface area (Å²) in [6.45, 7) is 10.9. The fourth-order valence-corrected chi connectivity index (χ4v) is 3.01. The fraction of sp³-hybridized carbons (Fsp3) is 0.611. The standard InChI is InChI=1S/C18H26O/c1-6-12-9-13(7-2)16(14(8-3)10-12)17(19)15-11-18(15,4)5/h9-10,15H,6-8,11H2,1-5H3. The monoisotopic (exact) mass is 258 g/mol. The maximum atomic E-state index is 12.8. The molecular weight excluding hydrogens is 232 g/mol. The Morgan fingerprint density at radius 1 is 1.11 bits per heavy atom. The zero-order valence-corrected chi connectivity index (χ0v) is 13.0. The molecule has 1 aromatic carbocycles. The maximum Gasteiger partial charge on any atom is 0.167 e. The summed E-state index contributed by atoms with van der Waals surface area (Å²) >= 11 is 0. The van der Waals surface area contributed by atoms with Crippen LogP contribution in [-0.2, 0) is 19.3 Å². The van der Waals surface area contributed by atoms with Gasteiger partial charge in [-0.1, -0.05) is 46.8 Å². The van der Waals surface area contributed by atoms with Crippen LogP contribution in [0.1, 0.15) is 68.1 Å². The van der Waals surface area contributed by atoms with Gasteiger partial charge in [-0.3, -0.25) is 4.79 Å². The van der Waals surface area contributed by atoms with Crippen LogP contribution in [0.3, 0.4) is 0 Å². The molecule has 0 heterocycles. The number of ketones is 1. The van der Waals surface area contributed by atoms with E-state index in [9.17, 15) is 4.79 Å². The number of hydrogen-bond acceptors (Lipinski definition) is 1. The summed E-state index contributed by atoms with van der Waals surface area (Å²) in [4.78, 5) is 12.8. The van der Waals surface area contributed by atoms with Crippen LogP contribution in [0.25, 0.3) is 0 Å². The van der Waals surface area contributed by atoms with E-state index in [1.165, 1.54) is 16.7 Å². The lowest BCUT2D eigenvalue weighted by atomic mass is 9.88. The van der Waals surface area contributed by atoms with E-state index < -0.39 is 0 Å². The lowest BCUT2D eigenvalue weighted by molar-refractivity contribution is 0.0951. The first-order chi connectivity index (χ1) is 8.94. The Labute approximate surface area is 117 Å². The quantitative estimate of drug-likeness (QED) is 0.705. The number of benzene rings is 1. The van der Waals surface area contributed by atoms with Crippen molar-refractivity contribution >= 4 is 5.78 Å². The molecule has 1 heteroatoms. The van der Waals surface area contributed by atoms with Crippen LogP contribution < -0.4 is 0 Å². The van der Waals surface area contributed by atoms with Crippen LogP contribution in [0, 0.1) is 11.3 Å². The number of rotatable bonds is 5. The molecule has 1 fully saturated rings. The second-order valence-corrected chi connectivity index (χ2v) is 6.46. The zero-order chi connectivity index (χ0) is 14.2. The second-order valence-electron chi connectivity index (χ2n) is 6.46. The van der Waals surface area contributed by atoms with Crippen LogP contribution in [0.5, 0.6) is 0 Å². The molecule has 0 amide bonds. The van der Waals surface area contributed by atoms with Crippen molar-refractivity contribution in [2.24, 2.45) is 11.3 Å². The van der Waals surface area contributed by atoms with Crippen LogP contribution in [0.4, 0.5) is 0 Å². The van der Waals surface area contributed by atoms with Gasteiger partial charge in [-0.2, -0.15) is 0 Å². The lowest BCUT2D eigenvalue weighted by Gasteiger charge is -2.15. The van der Waals surface area contributed by atoms with Crippen molar-refractivity contribution < 1.29 is 4.79 Å². The Hall–Kier alpha value is -1.11. The summed E-state index contributed by atoms with van der Waals surface area (Å²) in [5.74, 6) is 0.636. The Kier molecular flexibility index (Phi) is 3.85. The minimum atomic E-state index is 0.219. The average Bonchev–Trinajstić information content (AvgIpc) is 3.05. The third kappa shape index (κ3) is 2.61. The molecule has 1 unspecified atom stereocenters. The van der Waals surface area contributed by atoms with Gasteiger partial charge in [0, 0.05) is 11.5 Å². The number of aryl methyl sites for hydroxylation is 3. The predicted octanol–water partition coefficient (Wildman–Crippen LogP) is 4.60. The van der Waals surface area contributed by atoms with Gasteiger partial charge in [0.2, 0.25) is 0 Å². The number of hydrogen-bond donors (Lipinski definition) is 0. The van der Waals surface area contributed by atoms with Crippen molar-refractivity contribution in [2.45, 2.75) is 60.3 Å². The number of Topliss-reactive ketones (excluding diaryl/α,β-unsaturated/α-hetero) is 1. The Bertz CT molecular complexity index is 471. The minimum Gasteiger partial charge on any atom is -0.294 e. The first kappa shape index (κ1) is 14.3. The molecule has 0 bridgehead atoms. The molecule has 1 saturated carbocycles. The summed E-state index contributed by atoms with van der Waals surface area (Å²) in [5.41, 5.74) is 5.13. The van der Waals surface area contributed by atoms with Crippen molar-refractivity contribution in [3.05, 3.63) is 34.4 Å². The molecule has 104 valence electrons. The minimum absolute atomic E-state index is 0.219. The summed E-state index contributed by atoms with van der Waals surface area (Å²) in [7, 11) is 0. The van der Waals surface area contributed by atoms with Crippen LogP contribution in [0.15, 0.2) is 12.1 Å². The molecule has 19 heavy (non-hydrogen) atoms.